The Hall–Kier alpha value is -1.03. The molecule has 1 saturated carbocycles. The zero-order chi connectivity index (χ0) is 14.2. The summed E-state index contributed by atoms with van der Waals surface area (Å²) in [6.45, 7) is 2.37. The van der Waals surface area contributed by atoms with E-state index in [-0.39, 0.29) is 0 Å². The van der Waals surface area contributed by atoms with Crippen molar-refractivity contribution in [2.45, 2.75) is 37.2 Å². The summed E-state index contributed by atoms with van der Waals surface area (Å²) in [5, 5.41) is 13.7. The number of sulfonamides is 1. The molecule has 0 atom stereocenters. The van der Waals surface area contributed by atoms with E-state index in [1.165, 1.54) is 35.5 Å². The van der Waals surface area contributed by atoms with Crippen molar-refractivity contribution in [2.24, 2.45) is 0 Å². The molecule has 1 fully saturated rings. The molecule has 2 N–H and O–H groups in total. The molecule has 20 heavy (non-hydrogen) atoms. The third-order valence-electron chi connectivity index (χ3n) is 2.87. The van der Waals surface area contributed by atoms with Crippen LogP contribution in [-0.2, 0) is 16.6 Å². The van der Waals surface area contributed by atoms with Gasteiger partial charge in [-0.2, -0.15) is 0 Å². The summed E-state index contributed by atoms with van der Waals surface area (Å²) in [5.74, 6) is 0. The van der Waals surface area contributed by atoms with Gasteiger partial charge in [0.05, 0.1) is 0 Å². The van der Waals surface area contributed by atoms with Gasteiger partial charge in [-0.05, 0) is 31.2 Å². The zero-order valence-electron chi connectivity index (χ0n) is 10.8. The van der Waals surface area contributed by atoms with Crippen LogP contribution in [0.2, 0.25) is 0 Å². The molecule has 0 radical (unpaired) electrons. The number of nitrogens with one attached hydrogen (secondary N) is 2. The summed E-state index contributed by atoms with van der Waals surface area (Å²) >= 11 is 2.67. The van der Waals surface area contributed by atoms with Crippen molar-refractivity contribution in [3.8, 4) is 0 Å². The molecule has 0 unspecified atom stereocenters. The first-order valence-corrected chi connectivity index (χ1v) is 9.35. The van der Waals surface area contributed by atoms with Crippen LogP contribution in [-0.4, -0.2) is 24.7 Å². The standard InChI is InChI=1S/C11H14N4O2S3/c1-7-13-14-11(19-7)15-20(16,17)10-4-5-18-9(10)6-12-8-2-3-8/h4-5,8,12H,2-3,6H2,1H3,(H,14,15). The summed E-state index contributed by atoms with van der Waals surface area (Å²) in [7, 11) is -3.59. The van der Waals surface area contributed by atoms with E-state index in [1.807, 2.05) is 0 Å². The van der Waals surface area contributed by atoms with Gasteiger partial charge >= 0.3 is 0 Å². The van der Waals surface area contributed by atoms with Gasteiger partial charge in [-0.3, -0.25) is 4.72 Å². The second-order valence-electron chi connectivity index (χ2n) is 4.59. The molecule has 2 aromatic heterocycles. The number of aryl methyl sites for hydroxylation is 1. The number of anilines is 1. The van der Waals surface area contributed by atoms with Gasteiger partial charge in [0.25, 0.3) is 10.0 Å². The smallest absolute Gasteiger partial charge is 0.264 e. The number of rotatable bonds is 6. The second-order valence-corrected chi connectivity index (χ2v) is 8.43. The number of aromatic nitrogens is 2. The van der Waals surface area contributed by atoms with Crippen LogP contribution >= 0.6 is 22.7 Å². The van der Waals surface area contributed by atoms with Gasteiger partial charge < -0.3 is 5.32 Å². The van der Waals surface area contributed by atoms with Crippen LogP contribution in [0.5, 0.6) is 0 Å². The van der Waals surface area contributed by atoms with Crippen molar-refractivity contribution in [2.75, 3.05) is 4.72 Å². The first-order chi connectivity index (χ1) is 9.54. The number of hydrogen-bond acceptors (Lipinski definition) is 7. The molecule has 1 aliphatic carbocycles. The van der Waals surface area contributed by atoms with Crippen LogP contribution in [0.3, 0.4) is 0 Å². The highest BCUT2D eigenvalue weighted by Gasteiger charge is 2.24. The lowest BCUT2D eigenvalue weighted by atomic mass is 10.4. The highest BCUT2D eigenvalue weighted by atomic mass is 32.2. The lowest BCUT2D eigenvalue weighted by Crippen LogP contribution is -2.18. The molecule has 0 saturated heterocycles. The van der Waals surface area contributed by atoms with Crippen LogP contribution in [0, 0.1) is 6.92 Å². The minimum Gasteiger partial charge on any atom is -0.309 e. The van der Waals surface area contributed by atoms with Crippen molar-refractivity contribution in [1.29, 1.82) is 0 Å². The molecular weight excluding hydrogens is 316 g/mol. The Kier molecular flexibility index (Phi) is 3.76. The predicted molar refractivity (Wildman–Crippen MR) is 79.6 cm³/mol. The molecular formula is C11H14N4O2S3. The average Bonchev–Trinajstić information content (AvgIpc) is 2.93. The lowest BCUT2D eigenvalue weighted by molar-refractivity contribution is 0.598. The molecule has 3 rings (SSSR count). The molecule has 2 aromatic rings. The molecule has 0 amide bonds. The van der Waals surface area contributed by atoms with Crippen molar-refractivity contribution < 1.29 is 8.42 Å². The van der Waals surface area contributed by atoms with E-state index < -0.39 is 10.0 Å². The van der Waals surface area contributed by atoms with Crippen LogP contribution in [0.15, 0.2) is 16.3 Å². The Morgan fingerprint density at radius 3 is 2.85 bits per heavy atom. The fourth-order valence-electron chi connectivity index (χ4n) is 1.73. The van der Waals surface area contributed by atoms with E-state index in [2.05, 4.69) is 20.2 Å². The van der Waals surface area contributed by atoms with Crippen LogP contribution in [0.4, 0.5) is 5.13 Å². The fourth-order valence-corrected chi connectivity index (χ4v) is 4.95. The quantitative estimate of drug-likeness (QED) is 0.846. The van der Waals surface area contributed by atoms with Gasteiger partial charge in [0, 0.05) is 17.5 Å². The SMILES string of the molecule is Cc1nnc(NS(=O)(=O)c2ccsc2CNC2CC2)s1. The molecule has 2 heterocycles. The fraction of sp³-hybridized carbons (Fsp3) is 0.455. The Bertz CT molecular complexity index is 703. The van der Waals surface area contributed by atoms with Gasteiger partial charge in [-0.1, -0.05) is 11.3 Å². The summed E-state index contributed by atoms with van der Waals surface area (Å²) in [6, 6.07) is 2.18. The lowest BCUT2D eigenvalue weighted by Gasteiger charge is -2.06. The summed E-state index contributed by atoms with van der Waals surface area (Å²) in [6.07, 6.45) is 2.35. The molecule has 1 aliphatic rings. The number of nitrogens with zero attached hydrogens (tertiary/aromatic N) is 2. The first-order valence-electron chi connectivity index (χ1n) is 6.17. The molecule has 0 aliphatic heterocycles. The van der Waals surface area contributed by atoms with E-state index in [0.29, 0.717) is 22.6 Å². The minimum absolute atomic E-state index is 0.301. The summed E-state index contributed by atoms with van der Waals surface area (Å²) < 4.78 is 27.2. The largest absolute Gasteiger partial charge is 0.309 e. The second kappa shape index (κ2) is 5.40. The monoisotopic (exact) mass is 330 g/mol. The summed E-state index contributed by atoms with van der Waals surface area (Å²) in [4.78, 5) is 1.15. The van der Waals surface area contributed by atoms with Crippen LogP contribution < -0.4 is 10.0 Å². The Balaban J connectivity index is 1.77. The van der Waals surface area contributed by atoms with Gasteiger partial charge in [0.2, 0.25) is 5.13 Å². The third kappa shape index (κ3) is 3.17. The Labute approximate surface area is 125 Å². The van der Waals surface area contributed by atoms with Crippen molar-refractivity contribution >= 4 is 37.8 Å². The number of hydrogen-bond donors (Lipinski definition) is 2. The molecule has 108 valence electrons. The molecule has 6 nitrogen and oxygen atoms in total. The van der Waals surface area contributed by atoms with Crippen molar-refractivity contribution in [3.63, 3.8) is 0 Å². The average molecular weight is 330 g/mol. The van der Waals surface area contributed by atoms with Crippen LogP contribution in [0.1, 0.15) is 22.7 Å². The minimum atomic E-state index is -3.59. The van der Waals surface area contributed by atoms with Crippen LogP contribution in [0.25, 0.3) is 0 Å². The molecule has 0 bridgehead atoms. The predicted octanol–water partition coefficient (Wildman–Crippen LogP) is 1.96. The third-order valence-corrected chi connectivity index (χ3v) is 6.23. The normalized spacial score (nSPS) is 15.4. The zero-order valence-corrected chi connectivity index (χ0v) is 13.2. The Morgan fingerprint density at radius 2 is 2.20 bits per heavy atom. The van der Waals surface area contributed by atoms with E-state index in [1.54, 1.807) is 18.4 Å². The maximum atomic E-state index is 12.4. The van der Waals surface area contributed by atoms with Crippen molar-refractivity contribution in [1.82, 2.24) is 15.5 Å². The first kappa shape index (κ1) is 13.9. The van der Waals surface area contributed by atoms with E-state index in [0.717, 1.165) is 9.88 Å². The highest BCUT2D eigenvalue weighted by Crippen LogP contribution is 2.27. The van der Waals surface area contributed by atoms with Crippen molar-refractivity contribution in [3.05, 3.63) is 21.3 Å². The Morgan fingerprint density at radius 1 is 1.40 bits per heavy atom. The van der Waals surface area contributed by atoms with E-state index in [9.17, 15) is 8.42 Å². The highest BCUT2D eigenvalue weighted by molar-refractivity contribution is 7.93. The van der Waals surface area contributed by atoms with Gasteiger partial charge in [-0.25, -0.2) is 8.42 Å². The molecule has 0 aromatic carbocycles. The van der Waals surface area contributed by atoms with Gasteiger partial charge in [0.15, 0.2) is 0 Å². The molecule has 9 heteroatoms. The van der Waals surface area contributed by atoms with E-state index >= 15 is 0 Å². The maximum Gasteiger partial charge on any atom is 0.264 e. The number of thiophene rings is 1. The maximum absolute atomic E-state index is 12.4. The topological polar surface area (TPSA) is 84.0 Å². The van der Waals surface area contributed by atoms with Gasteiger partial charge in [-0.15, -0.1) is 21.5 Å². The summed E-state index contributed by atoms with van der Waals surface area (Å²) in [5.41, 5.74) is 0. The van der Waals surface area contributed by atoms with E-state index in [4.69, 9.17) is 0 Å². The molecule has 0 spiro atoms. The van der Waals surface area contributed by atoms with Gasteiger partial charge in [0.1, 0.15) is 9.90 Å².